The van der Waals surface area contributed by atoms with Crippen molar-refractivity contribution in [2.45, 2.75) is 0 Å². The molecule has 2 heterocycles. The number of aliphatic hydroxyl groups is 1. The Labute approximate surface area is 213 Å². The molecule has 2 aromatic carbocycles. The first-order valence-electron chi connectivity index (χ1n) is 11.1. The van der Waals surface area contributed by atoms with Crippen LogP contribution >= 0.6 is 0 Å². The van der Waals surface area contributed by atoms with E-state index in [9.17, 15) is 13.5 Å². The zero-order valence-corrected chi connectivity index (χ0v) is 20.6. The molecule has 3 N–H and O–H groups in total. The molecule has 0 unspecified atom stereocenters. The zero-order valence-electron chi connectivity index (χ0n) is 19.8. The number of hydrogen-bond donors (Lipinski definition) is 3. The van der Waals surface area contributed by atoms with Gasteiger partial charge in [0.05, 0.1) is 19.1 Å². The number of nitrogens with zero attached hydrogens (tertiary/aromatic N) is 4. The van der Waals surface area contributed by atoms with Crippen molar-refractivity contribution in [3.05, 3.63) is 84.0 Å². The predicted molar refractivity (Wildman–Crippen MR) is 140 cm³/mol. The first-order chi connectivity index (χ1) is 18.0. The number of benzene rings is 2. The van der Waals surface area contributed by atoms with E-state index in [1.165, 1.54) is 25.6 Å². The minimum absolute atomic E-state index is 0.0330. The topological polar surface area (TPSA) is 148 Å². The minimum atomic E-state index is -4.05. The molecule has 0 aliphatic carbocycles. The van der Waals surface area contributed by atoms with E-state index in [0.29, 0.717) is 17.1 Å². The van der Waals surface area contributed by atoms with Crippen LogP contribution in [0.15, 0.2) is 78.5 Å². The van der Waals surface area contributed by atoms with Crippen molar-refractivity contribution in [2.75, 3.05) is 30.3 Å². The van der Waals surface area contributed by atoms with Crippen LogP contribution in [0.4, 0.5) is 11.6 Å². The second-order valence-corrected chi connectivity index (χ2v) is 8.98. The molecule has 0 radical (unpaired) electrons. The molecule has 4 rings (SSSR count). The number of sulfonamides is 1. The maximum Gasteiger partial charge on any atom is 0.256 e. The molecule has 37 heavy (non-hydrogen) atoms. The number of hydrogen-bond acceptors (Lipinski definition) is 10. The number of methoxy groups -OCH3 is 1. The summed E-state index contributed by atoms with van der Waals surface area (Å²) in [5, 5.41) is 13.4. The molecule has 0 aliphatic heterocycles. The fourth-order valence-corrected chi connectivity index (χ4v) is 3.95. The SMILES string of the molecule is COc1ccccc1Oc1c(NCCO)nc(-c2ncccn2)nc1NS(=O)(=O)C=Cc1ccccc1. The van der Waals surface area contributed by atoms with Gasteiger partial charge in [-0.1, -0.05) is 42.5 Å². The van der Waals surface area contributed by atoms with Crippen LogP contribution in [0.3, 0.4) is 0 Å². The summed E-state index contributed by atoms with van der Waals surface area (Å²) >= 11 is 0. The van der Waals surface area contributed by atoms with Gasteiger partial charge >= 0.3 is 0 Å². The van der Waals surface area contributed by atoms with Crippen molar-refractivity contribution in [1.82, 2.24) is 19.9 Å². The summed E-state index contributed by atoms with van der Waals surface area (Å²) in [5.74, 6) is 0.822. The fraction of sp³-hybridized carbons (Fsp3) is 0.120. The van der Waals surface area contributed by atoms with Gasteiger partial charge in [0.2, 0.25) is 11.6 Å². The van der Waals surface area contributed by atoms with E-state index >= 15 is 0 Å². The van der Waals surface area contributed by atoms with Crippen molar-refractivity contribution >= 4 is 27.7 Å². The first kappa shape index (κ1) is 25.5. The maximum absolute atomic E-state index is 13.0. The molecule has 0 atom stereocenters. The molecule has 2 aromatic heterocycles. The third-order valence-electron chi connectivity index (χ3n) is 4.79. The predicted octanol–water partition coefficient (Wildman–Crippen LogP) is 3.55. The van der Waals surface area contributed by atoms with Gasteiger partial charge in [0.25, 0.3) is 10.0 Å². The van der Waals surface area contributed by atoms with Crippen LogP contribution in [0.1, 0.15) is 5.56 Å². The van der Waals surface area contributed by atoms with Crippen molar-refractivity contribution < 1.29 is 23.0 Å². The van der Waals surface area contributed by atoms with Gasteiger partial charge in [-0.25, -0.2) is 28.4 Å². The molecular weight excluding hydrogens is 496 g/mol. The normalized spacial score (nSPS) is 11.3. The number of ether oxygens (including phenoxy) is 2. The molecule has 4 aromatic rings. The van der Waals surface area contributed by atoms with E-state index in [1.54, 1.807) is 54.6 Å². The van der Waals surface area contributed by atoms with Crippen LogP contribution in [0.5, 0.6) is 17.2 Å². The molecule has 0 bridgehead atoms. The summed E-state index contributed by atoms with van der Waals surface area (Å²) in [6, 6.07) is 17.4. The van der Waals surface area contributed by atoms with Crippen LogP contribution in [-0.2, 0) is 10.0 Å². The molecule has 0 saturated heterocycles. The quantitative estimate of drug-likeness (QED) is 0.268. The van der Waals surface area contributed by atoms with Gasteiger partial charge in [-0.3, -0.25) is 4.72 Å². The summed E-state index contributed by atoms with van der Waals surface area (Å²) in [7, 11) is -2.57. The van der Waals surface area contributed by atoms with E-state index < -0.39 is 10.0 Å². The van der Waals surface area contributed by atoms with Crippen molar-refractivity contribution in [3.63, 3.8) is 0 Å². The Bertz CT molecular complexity index is 1470. The Kier molecular flexibility index (Phi) is 8.23. The summed E-state index contributed by atoms with van der Waals surface area (Å²) in [6.45, 7) is -0.107. The van der Waals surface area contributed by atoms with Crippen LogP contribution in [0.2, 0.25) is 0 Å². The van der Waals surface area contributed by atoms with Crippen LogP contribution in [-0.4, -0.2) is 53.7 Å². The number of rotatable bonds is 11. The Hall–Kier alpha value is -4.55. The highest BCUT2D eigenvalue weighted by Gasteiger charge is 2.23. The second kappa shape index (κ2) is 11.9. The fourth-order valence-electron chi connectivity index (χ4n) is 3.14. The van der Waals surface area contributed by atoms with E-state index in [2.05, 4.69) is 30.0 Å². The van der Waals surface area contributed by atoms with E-state index in [4.69, 9.17) is 9.47 Å². The zero-order chi connectivity index (χ0) is 26.1. The number of para-hydroxylation sites is 2. The molecule has 0 aliphatic rings. The van der Waals surface area contributed by atoms with Gasteiger partial charge in [0, 0.05) is 18.9 Å². The average Bonchev–Trinajstić information content (AvgIpc) is 2.93. The van der Waals surface area contributed by atoms with E-state index in [-0.39, 0.29) is 42.2 Å². The Morgan fingerprint density at radius 2 is 1.57 bits per heavy atom. The summed E-state index contributed by atoms with van der Waals surface area (Å²) in [5.41, 5.74) is 0.699. The Balaban J connectivity index is 1.82. The Morgan fingerprint density at radius 1 is 0.892 bits per heavy atom. The molecule has 190 valence electrons. The third-order valence-corrected chi connectivity index (χ3v) is 5.77. The van der Waals surface area contributed by atoms with Crippen LogP contribution < -0.4 is 19.5 Å². The standard InChI is InChI=1S/C25H24N6O5S/c1-35-19-10-5-6-11-20(19)36-21-22(28-15-16-32)29-25(24-26-13-7-14-27-24)30-23(21)31-37(33,34)17-12-18-8-3-2-4-9-18/h2-14,17,32H,15-16H2,1H3,(H2,28,29,30,31). The maximum atomic E-state index is 13.0. The highest BCUT2D eigenvalue weighted by atomic mass is 32.2. The van der Waals surface area contributed by atoms with E-state index in [0.717, 1.165) is 5.41 Å². The highest BCUT2D eigenvalue weighted by molar-refractivity contribution is 7.95. The molecule has 0 amide bonds. The van der Waals surface area contributed by atoms with E-state index in [1.807, 2.05) is 6.07 Å². The summed E-state index contributed by atoms with van der Waals surface area (Å²) in [4.78, 5) is 17.1. The molecule has 0 fully saturated rings. The number of aromatic nitrogens is 4. The highest BCUT2D eigenvalue weighted by Crippen LogP contribution is 2.39. The lowest BCUT2D eigenvalue weighted by molar-refractivity contribution is 0.310. The number of aliphatic hydroxyl groups excluding tert-OH is 1. The molecule has 0 spiro atoms. The molecule has 12 heteroatoms. The summed E-state index contributed by atoms with van der Waals surface area (Å²) in [6.07, 6.45) is 4.48. The Morgan fingerprint density at radius 3 is 2.27 bits per heavy atom. The minimum Gasteiger partial charge on any atom is -0.493 e. The lowest BCUT2D eigenvalue weighted by atomic mass is 10.2. The average molecular weight is 521 g/mol. The van der Waals surface area contributed by atoms with Gasteiger partial charge in [0.1, 0.15) is 0 Å². The second-order valence-electron chi connectivity index (χ2n) is 7.41. The first-order valence-corrected chi connectivity index (χ1v) is 12.6. The number of nitrogens with one attached hydrogen (secondary N) is 2. The summed E-state index contributed by atoms with van der Waals surface area (Å²) < 4.78 is 40.0. The number of anilines is 2. The lowest BCUT2D eigenvalue weighted by Crippen LogP contribution is -2.15. The van der Waals surface area contributed by atoms with Crippen molar-refractivity contribution in [3.8, 4) is 28.9 Å². The monoisotopic (exact) mass is 520 g/mol. The molecular formula is C25H24N6O5S. The smallest absolute Gasteiger partial charge is 0.256 e. The van der Waals surface area contributed by atoms with Gasteiger partial charge in [-0.05, 0) is 29.8 Å². The largest absolute Gasteiger partial charge is 0.493 e. The molecule has 11 nitrogen and oxygen atoms in total. The van der Waals surface area contributed by atoms with Crippen molar-refractivity contribution in [2.24, 2.45) is 0 Å². The molecule has 0 saturated carbocycles. The lowest BCUT2D eigenvalue weighted by Gasteiger charge is -2.18. The van der Waals surface area contributed by atoms with Crippen LogP contribution in [0.25, 0.3) is 17.7 Å². The van der Waals surface area contributed by atoms with Crippen molar-refractivity contribution in [1.29, 1.82) is 0 Å². The van der Waals surface area contributed by atoms with Gasteiger partial charge in [-0.15, -0.1) is 0 Å². The van der Waals surface area contributed by atoms with Gasteiger partial charge < -0.3 is 19.9 Å². The third kappa shape index (κ3) is 6.78. The van der Waals surface area contributed by atoms with Gasteiger partial charge in [0.15, 0.2) is 29.0 Å². The van der Waals surface area contributed by atoms with Gasteiger partial charge in [-0.2, -0.15) is 0 Å². The van der Waals surface area contributed by atoms with Crippen LogP contribution in [0, 0.1) is 0 Å².